The predicted molar refractivity (Wildman–Crippen MR) is 260 cm³/mol. The maximum atomic E-state index is 14.4. The summed E-state index contributed by atoms with van der Waals surface area (Å²) in [6, 6.07) is -7.49. The van der Waals surface area contributed by atoms with Gasteiger partial charge in [-0.2, -0.15) is 11.8 Å². The number of thioether (sulfide) groups is 1. The molecule has 7 atom stereocenters. The van der Waals surface area contributed by atoms with Gasteiger partial charge in [0.2, 0.25) is 47.3 Å². The number of hydrogen-bond acceptors (Lipinski definition) is 12. The fourth-order valence-corrected chi connectivity index (χ4v) is 8.43. The van der Waals surface area contributed by atoms with Crippen LogP contribution >= 0.6 is 11.8 Å². The summed E-state index contributed by atoms with van der Waals surface area (Å²) in [5.74, 6) is -4.31. The van der Waals surface area contributed by atoms with Crippen molar-refractivity contribution in [2.45, 2.75) is 175 Å². The Hall–Kier alpha value is -4.46. The van der Waals surface area contributed by atoms with Gasteiger partial charge >= 0.3 is 5.97 Å². The van der Waals surface area contributed by atoms with Crippen LogP contribution < -0.4 is 21.3 Å². The smallest absolute Gasteiger partial charge is 0.305 e. The van der Waals surface area contributed by atoms with Gasteiger partial charge < -0.3 is 50.7 Å². The molecule has 8 amide bonds. The van der Waals surface area contributed by atoms with Gasteiger partial charge in [0.05, 0.1) is 12.7 Å². The van der Waals surface area contributed by atoms with E-state index in [1.54, 1.807) is 13.8 Å². The van der Waals surface area contributed by atoms with Gasteiger partial charge in [0, 0.05) is 60.3 Å². The molecule has 0 spiro atoms. The summed E-state index contributed by atoms with van der Waals surface area (Å²) in [4.78, 5) is 126. The Kier molecular flexibility index (Phi) is 28.1. The molecule has 0 aromatic carbocycles. The summed E-state index contributed by atoms with van der Waals surface area (Å²) in [6.07, 6.45) is 2.64. The molecule has 0 aromatic rings. The van der Waals surface area contributed by atoms with Crippen LogP contribution in [0.25, 0.3) is 0 Å². The Bertz CT molecular complexity index is 1660. The predicted octanol–water partition coefficient (Wildman–Crippen LogP) is 2.32. The van der Waals surface area contributed by atoms with Gasteiger partial charge in [-0.15, -0.1) is 0 Å². The van der Waals surface area contributed by atoms with Crippen LogP contribution in [0.4, 0.5) is 0 Å². The average Bonchev–Trinajstić information content (AvgIpc) is 3.25. The molecule has 0 aliphatic rings. The first kappa shape index (κ1) is 62.5. The third-order valence-electron chi connectivity index (χ3n) is 11.4. The summed E-state index contributed by atoms with van der Waals surface area (Å²) in [6.45, 7) is 18.8. The lowest BCUT2D eigenvalue weighted by Gasteiger charge is -2.38. The normalized spacial score (nSPS) is 14.7. The molecule has 0 fully saturated rings. The van der Waals surface area contributed by atoms with E-state index in [1.807, 2.05) is 34.6 Å². The molecule has 0 aliphatic carbocycles. The summed E-state index contributed by atoms with van der Waals surface area (Å²) in [5, 5.41) is 21.7. The van der Waals surface area contributed by atoms with Crippen LogP contribution in [0.3, 0.4) is 0 Å². The molecule has 67 heavy (non-hydrogen) atoms. The zero-order valence-electron chi connectivity index (χ0n) is 43.6. The molecular weight excluding hydrogens is 885 g/mol. The van der Waals surface area contributed by atoms with Crippen molar-refractivity contribution in [3.05, 3.63) is 0 Å². The summed E-state index contributed by atoms with van der Waals surface area (Å²) in [5.41, 5.74) is -1.45. The number of methoxy groups -OCH3 is 1. The number of hydrogen-bond donors (Lipinski definition) is 5. The van der Waals surface area contributed by atoms with Crippen LogP contribution in [0.2, 0.25) is 0 Å². The molecule has 0 radical (unpaired) electrons. The SMILES string of the molecule is CCCC(=O)N(C)[C@H](CSCCCCC(=O)OC)C(=O)N(C)[C@@H](CC(C)(C)O)C(=O)N[C@H](C(=O)N(C)[C@@H](CC(C)C)C(=O)N[C@@H](C)C(=O)N[C@H](C)C(=O)N(C)[C@@H](CC(C)C)C(=O)NC)C(C)C. The van der Waals surface area contributed by atoms with E-state index in [0.717, 1.165) is 0 Å². The van der Waals surface area contributed by atoms with Crippen LogP contribution in [-0.2, 0) is 47.9 Å². The molecule has 5 N–H and O–H groups in total. The summed E-state index contributed by atoms with van der Waals surface area (Å²) >= 11 is 1.43. The topological polar surface area (TPSA) is 244 Å². The highest BCUT2D eigenvalue weighted by atomic mass is 32.2. The number of ether oxygens (including phenoxy) is 1. The molecule has 0 saturated heterocycles. The van der Waals surface area contributed by atoms with Gasteiger partial charge in [-0.25, -0.2) is 0 Å². The van der Waals surface area contributed by atoms with E-state index in [0.29, 0.717) is 31.4 Å². The first-order chi connectivity index (χ1) is 31.0. The van der Waals surface area contributed by atoms with Crippen molar-refractivity contribution >= 4 is 65.0 Å². The number of unbranched alkanes of at least 4 members (excludes halogenated alkanes) is 1. The second-order valence-corrected chi connectivity index (χ2v) is 20.5. The Labute approximate surface area is 404 Å². The third kappa shape index (κ3) is 21.6. The maximum absolute atomic E-state index is 14.4. The van der Waals surface area contributed by atoms with Crippen molar-refractivity contribution in [1.82, 2.24) is 40.9 Å². The van der Waals surface area contributed by atoms with E-state index in [9.17, 15) is 48.3 Å². The fourth-order valence-electron chi connectivity index (χ4n) is 7.26. The quantitative estimate of drug-likeness (QED) is 0.0515. The Morgan fingerprint density at radius 3 is 1.58 bits per heavy atom. The Morgan fingerprint density at radius 1 is 0.612 bits per heavy atom. The highest BCUT2D eigenvalue weighted by Gasteiger charge is 2.41. The van der Waals surface area contributed by atoms with Crippen LogP contribution in [0, 0.1) is 17.8 Å². The van der Waals surface area contributed by atoms with E-state index in [-0.39, 0.29) is 61.1 Å². The van der Waals surface area contributed by atoms with Crippen LogP contribution in [0.1, 0.15) is 128 Å². The first-order valence-electron chi connectivity index (χ1n) is 23.5. The van der Waals surface area contributed by atoms with E-state index >= 15 is 0 Å². The minimum Gasteiger partial charge on any atom is -0.469 e. The number of nitrogens with one attached hydrogen (secondary N) is 4. The molecule has 386 valence electrons. The number of esters is 1. The maximum Gasteiger partial charge on any atom is 0.305 e. The highest BCUT2D eigenvalue weighted by molar-refractivity contribution is 7.99. The molecule has 19 nitrogen and oxygen atoms in total. The molecule has 0 heterocycles. The largest absolute Gasteiger partial charge is 0.469 e. The minimum atomic E-state index is -1.45. The summed E-state index contributed by atoms with van der Waals surface area (Å²) < 4.78 is 4.71. The van der Waals surface area contributed by atoms with Gasteiger partial charge in [-0.1, -0.05) is 48.5 Å². The van der Waals surface area contributed by atoms with Crippen LogP contribution in [0.15, 0.2) is 0 Å². The number of amides is 8. The molecule has 0 saturated carbocycles. The number of carbonyl (C=O) groups excluding carboxylic acids is 9. The highest BCUT2D eigenvalue weighted by Crippen LogP contribution is 2.22. The Balaban J connectivity index is 6.46. The van der Waals surface area contributed by atoms with Gasteiger partial charge in [0.25, 0.3) is 0 Å². The second kappa shape index (κ2) is 30.1. The summed E-state index contributed by atoms with van der Waals surface area (Å²) in [7, 11) is 8.70. The standard InChI is InChI=1S/C47H86N8O11S/c1-18-21-37(56)52(13)36(27-67-23-20-19-22-38(57)66-17)45(63)55(16)35(26-47(10,11)65)43(61)51-39(30(6)7)46(64)54(15)34(25-29(4)5)42(60)49-31(8)40(58)50-32(9)44(62)53(14)33(24-28(2)3)41(59)48-12/h28-36,39,65H,18-27H2,1-17H3,(H,48,59)(H,49,60)(H,50,58)(H,51,61)/t31-,32+,33-,34-,35-,36+,39-/m0/s1. The lowest BCUT2D eigenvalue weighted by atomic mass is 9.95. The van der Waals surface area contributed by atoms with E-state index in [2.05, 4.69) is 21.3 Å². The van der Waals surface area contributed by atoms with Gasteiger partial charge in [-0.3, -0.25) is 43.2 Å². The molecule has 0 aliphatic heterocycles. The zero-order valence-corrected chi connectivity index (χ0v) is 44.4. The minimum absolute atomic E-state index is 0.0985. The van der Waals surface area contributed by atoms with Crippen molar-refractivity contribution in [3.63, 3.8) is 0 Å². The number of aliphatic hydroxyl groups is 1. The fraction of sp³-hybridized carbons (Fsp3) is 0.809. The van der Waals surface area contributed by atoms with E-state index in [1.165, 1.54) is 101 Å². The van der Waals surface area contributed by atoms with Crippen molar-refractivity contribution in [3.8, 4) is 0 Å². The molecule has 0 bridgehead atoms. The second-order valence-electron chi connectivity index (χ2n) is 19.4. The third-order valence-corrected chi connectivity index (χ3v) is 12.6. The number of carbonyl (C=O) groups is 9. The van der Waals surface area contributed by atoms with Gasteiger partial charge in [0.15, 0.2) is 0 Å². The lowest BCUT2D eigenvalue weighted by molar-refractivity contribution is -0.149. The zero-order chi connectivity index (χ0) is 52.1. The first-order valence-corrected chi connectivity index (χ1v) is 24.7. The lowest BCUT2D eigenvalue weighted by Crippen LogP contribution is -2.61. The van der Waals surface area contributed by atoms with E-state index in [4.69, 9.17) is 4.74 Å². The number of rotatable bonds is 30. The van der Waals surface area contributed by atoms with Crippen LogP contribution in [-0.4, -0.2) is 180 Å². The molecule has 0 unspecified atom stereocenters. The number of nitrogens with zero attached hydrogens (tertiary/aromatic N) is 4. The van der Waals surface area contributed by atoms with Gasteiger partial charge in [0.1, 0.15) is 42.3 Å². The number of likely N-dealkylation sites (N-methyl/N-ethyl adjacent to an activating group) is 5. The molecule has 20 heteroatoms. The average molecular weight is 971 g/mol. The van der Waals surface area contributed by atoms with Crippen molar-refractivity contribution in [2.24, 2.45) is 17.8 Å². The van der Waals surface area contributed by atoms with Crippen molar-refractivity contribution in [2.75, 3.05) is 53.9 Å². The van der Waals surface area contributed by atoms with E-state index < -0.39 is 89.3 Å². The Morgan fingerprint density at radius 2 is 1.10 bits per heavy atom. The van der Waals surface area contributed by atoms with Crippen molar-refractivity contribution < 1.29 is 53.0 Å². The monoisotopic (exact) mass is 971 g/mol. The van der Waals surface area contributed by atoms with Gasteiger partial charge in [-0.05, 0) is 83.3 Å². The molecular formula is C47H86N8O11S. The van der Waals surface area contributed by atoms with Crippen LogP contribution in [0.5, 0.6) is 0 Å². The molecule has 0 aromatic heterocycles. The molecule has 0 rings (SSSR count). The van der Waals surface area contributed by atoms with Crippen molar-refractivity contribution in [1.29, 1.82) is 0 Å².